The molecular weight excluding hydrogens is 286 g/mol. The highest BCUT2D eigenvalue weighted by Crippen LogP contribution is 2.33. The third-order valence-electron chi connectivity index (χ3n) is 2.74. The summed E-state index contributed by atoms with van der Waals surface area (Å²) in [7, 11) is 0. The Balaban J connectivity index is 2.31. The van der Waals surface area contributed by atoms with Crippen molar-refractivity contribution in [3.63, 3.8) is 0 Å². The minimum atomic E-state index is -4.48. The minimum absolute atomic E-state index is 0.104. The molecule has 0 amide bonds. The summed E-state index contributed by atoms with van der Waals surface area (Å²) in [6, 6.07) is 8.21. The average molecular weight is 295 g/mol. The molecule has 0 saturated carbocycles. The fourth-order valence-corrected chi connectivity index (χ4v) is 1.70. The normalized spacial score (nSPS) is 11.0. The molecule has 0 aliphatic heterocycles. The lowest BCUT2D eigenvalue weighted by Gasteiger charge is -2.13. The Labute approximate surface area is 117 Å². The van der Waals surface area contributed by atoms with Gasteiger partial charge < -0.3 is 11.1 Å². The Morgan fingerprint density at radius 3 is 2.38 bits per heavy atom. The van der Waals surface area contributed by atoms with Gasteiger partial charge >= 0.3 is 6.18 Å². The first-order valence-corrected chi connectivity index (χ1v) is 5.74. The van der Waals surface area contributed by atoms with Gasteiger partial charge in [0.05, 0.1) is 22.5 Å². The SMILES string of the molecule is N#Cc1cc(Nc2ccc(C(F)(F)F)cc2N)ccc1F. The van der Waals surface area contributed by atoms with Gasteiger partial charge in [-0.2, -0.15) is 18.4 Å². The molecule has 2 aromatic rings. The van der Waals surface area contributed by atoms with Gasteiger partial charge in [-0.05, 0) is 36.4 Å². The van der Waals surface area contributed by atoms with Gasteiger partial charge in [-0.1, -0.05) is 0 Å². The van der Waals surface area contributed by atoms with E-state index in [0.29, 0.717) is 5.69 Å². The Morgan fingerprint density at radius 1 is 1.10 bits per heavy atom. The topological polar surface area (TPSA) is 61.8 Å². The molecule has 0 fully saturated rings. The van der Waals surface area contributed by atoms with Gasteiger partial charge in [0.2, 0.25) is 0 Å². The van der Waals surface area contributed by atoms with Crippen LogP contribution in [-0.4, -0.2) is 0 Å². The quantitative estimate of drug-likeness (QED) is 0.649. The molecule has 3 nitrogen and oxygen atoms in total. The van der Waals surface area contributed by atoms with Gasteiger partial charge in [0.25, 0.3) is 0 Å². The summed E-state index contributed by atoms with van der Waals surface area (Å²) in [5, 5.41) is 11.5. The first-order valence-electron chi connectivity index (χ1n) is 5.74. The van der Waals surface area contributed by atoms with E-state index in [4.69, 9.17) is 11.0 Å². The number of nitrogens with one attached hydrogen (secondary N) is 1. The number of hydrogen-bond acceptors (Lipinski definition) is 3. The lowest BCUT2D eigenvalue weighted by atomic mass is 10.1. The zero-order valence-corrected chi connectivity index (χ0v) is 10.5. The van der Waals surface area contributed by atoms with E-state index in [1.54, 1.807) is 6.07 Å². The predicted octanol–water partition coefficient (Wildman–Crippen LogP) is 4.04. The number of nitriles is 1. The van der Waals surface area contributed by atoms with Crippen molar-refractivity contribution >= 4 is 17.1 Å². The third-order valence-corrected chi connectivity index (χ3v) is 2.74. The third kappa shape index (κ3) is 3.23. The van der Waals surface area contributed by atoms with Crippen LogP contribution in [0.3, 0.4) is 0 Å². The maximum Gasteiger partial charge on any atom is 0.416 e. The van der Waals surface area contributed by atoms with Crippen molar-refractivity contribution in [3.05, 3.63) is 53.3 Å². The molecule has 0 aliphatic rings. The first kappa shape index (κ1) is 14.7. The number of benzene rings is 2. The molecule has 0 saturated heterocycles. The number of alkyl halides is 3. The van der Waals surface area contributed by atoms with Crippen molar-refractivity contribution in [1.82, 2.24) is 0 Å². The smallest absolute Gasteiger partial charge is 0.397 e. The number of anilines is 3. The Kier molecular flexibility index (Phi) is 3.72. The fraction of sp³-hybridized carbons (Fsp3) is 0.0714. The second-order valence-corrected chi connectivity index (χ2v) is 4.23. The van der Waals surface area contributed by atoms with E-state index in [2.05, 4.69) is 5.32 Å². The largest absolute Gasteiger partial charge is 0.416 e. The molecular formula is C14H9F4N3. The average Bonchev–Trinajstić information content (AvgIpc) is 2.42. The van der Waals surface area contributed by atoms with Crippen LogP contribution in [0.5, 0.6) is 0 Å². The fourth-order valence-electron chi connectivity index (χ4n) is 1.70. The molecule has 0 aliphatic carbocycles. The Hall–Kier alpha value is -2.75. The molecule has 3 N–H and O–H groups in total. The molecule has 0 aromatic heterocycles. The van der Waals surface area contributed by atoms with E-state index >= 15 is 0 Å². The highest BCUT2D eigenvalue weighted by Gasteiger charge is 2.30. The summed E-state index contributed by atoms with van der Waals surface area (Å²) in [6.45, 7) is 0. The number of rotatable bonds is 2. The second kappa shape index (κ2) is 5.32. The summed E-state index contributed by atoms with van der Waals surface area (Å²) in [4.78, 5) is 0. The van der Waals surface area contributed by atoms with Crippen molar-refractivity contribution in [2.45, 2.75) is 6.18 Å². The number of nitrogens with two attached hydrogens (primary N) is 1. The number of halogens is 4. The summed E-state index contributed by atoms with van der Waals surface area (Å²) < 4.78 is 50.7. The first-order chi connectivity index (χ1) is 9.81. The predicted molar refractivity (Wildman–Crippen MR) is 70.3 cm³/mol. The van der Waals surface area contributed by atoms with E-state index in [1.165, 1.54) is 18.2 Å². The van der Waals surface area contributed by atoms with Crippen LogP contribution >= 0.6 is 0 Å². The van der Waals surface area contributed by atoms with Gasteiger partial charge in [0.1, 0.15) is 11.9 Å². The Bertz CT molecular complexity index is 717. The summed E-state index contributed by atoms with van der Waals surface area (Å²) in [5.74, 6) is -0.677. The molecule has 0 heterocycles. The summed E-state index contributed by atoms with van der Waals surface area (Å²) >= 11 is 0. The maximum absolute atomic E-state index is 13.2. The van der Waals surface area contributed by atoms with Crippen molar-refractivity contribution in [2.24, 2.45) is 0 Å². The molecule has 0 radical (unpaired) electrons. The summed E-state index contributed by atoms with van der Waals surface area (Å²) in [6.07, 6.45) is -4.48. The van der Waals surface area contributed by atoms with Crippen LogP contribution in [0.1, 0.15) is 11.1 Å². The van der Waals surface area contributed by atoms with Gasteiger partial charge in [-0.15, -0.1) is 0 Å². The van der Waals surface area contributed by atoms with Crippen LogP contribution in [0.15, 0.2) is 36.4 Å². The van der Waals surface area contributed by atoms with Crippen LogP contribution in [-0.2, 0) is 6.18 Å². The van der Waals surface area contributed by atoms with Crippen LogP contribution in [0.25, 0.3) is 0 Å². The van der Waals surface area contributed by atoms with Crippen LogP contribution in [0.2, 0.25) is 0 Å². The van der Waals surface area contributed by atoms with Crippen LogP contribution in [0, 0.1) is 17.1 Å². The van der Waals surface area contributed by atoms with Gasteiger partial charge in [-0.3, -0.25) is 0 Å². The lowest BCUT2D eigenvalue weighted by molar-refractivity contribution is -0.137. The van der Waals surface area contributed by atoms with E-state index in [-0.39, 0.29) is 16.9 Å². The molecule has 0 unspecified atom stereocenters. The maximum atomic E-state index is 13.2. The van der Waals surface area contributed by atoms with E-state index < -0.39 is 17.6 Å². The zero-order valence-electron chi connectivity index (χ0n) is 10.5. The van der Waals surface area contributed by atoms with E-state index in [0.717, 1.165) is 18.2 Å². The highest BCUT2D eigenvalue weighted by molar-refractivity contribution is 5.73. The lowest BCUT2D eigenvalue weighted by Crippen LogP contribution is -2.06. The van der Waals surface area contributed by atoms with Gasteiger partial charge in [0.15, 0.2) is 0 Å². The number of nitrogen functional groups attached to an aromatic ring is 1. The van der Waals surface area contributed by atoms with Crippen molar-refractivity contribution < 1.29 is 17.6 Å². The molecule has 0 atom stereocenters. The van der Waals surface area contributed by atoms with Gasteiger partial charge in [0, 0.05) is 5.69 Å². The number of hydrogen-bond donors (Lipinski definition) is 2. The molecule has 21 heavy (non-hydrogen) atoms. The van der Waals surface area contributed by atoms with Crippen molar-refractivity contribution in [1.29, 1.82) is 5.26 Å². The highest BCUT2D eigenvalue weighted by atomic mass is 19.4. The molecule has 108 valence electrons. The second-order valence-electron chi connectivity index (χ2n) is 4.23. The Morgan fingerprint density at radius 2 is 1.81 bits per heavy atom. The molecule has 0 bridgehead atoms. The van der Waals surface area contributed by atoms with Crippen molar-refractivity contribution in [3.8, 4) is 6.07 Å². The molecule has 0 spiro atoms. The molecule has 2 aromatic carbocycles. The molecule has 2 rings (SSSR count). The summed E-state index contributed by atoms with van der Waals surface area (Å²) in [5.41, 5.74) is 5.01. The van der Waals surface area contributed by atoms with Crippen LogP contribution < -0.4 is 11.1 Å². The van der Waals surface area contributed by atoms with Crippen molar-refractivity contribution in [2.75, 3.05) is 11.1 Å². The molecule has 7 heteroatoms. The number of nitrogens with zero attached hydrogens (tertiary/aromatic N) is 1. The van der Waals surface area contributed by atoms with E-state index in [9.17, 15) is 17.6 Å². The van der Waals surface area contributed by atoms with E-state index in [1.807, 2.05) is 0 Å². The minimum Gasteiger partial charge on any atom is -0.397 e. The van der Waals surface area contributed by atoms with Gasteiger partial charge in [-0.25, -0.2) is 4.39 Å². The zero-order chi connectivity index (χ0) is 15.6. The standard InChI is InChI=1S/C14H9F4N3/c15-11-3-2-10(5-8(11)7-19)21-13-4-1-9(6-12(13)20)14(16,17)18/h1-6,21H,20H2. The van der Waals surface area contributed by atoms with Crippen LogP contribution in [0.4, 0.5) is 34.6 Å². The monoisotopic (exact) mass is 295 g/mol.